The molecule has 1 aromatic carbocycles. The minimum absolute atomic E-state index is 0.129. The third kappa shape index (κ3) is 7.29. The quantitative estimate of drug-likeness (QED) is 0.874. The second kappa shape index (κ2) is 7.61. The van der Waals surface area contributed by atoms with Crippen LogP contribution >= 0.6 is 11.6 Å². The van der Waals surface area contributed by atoms with E-state index in [9.17, 15) is 9.18 Å². The maximum absolute atomic E-state index is 13.6. The summed E-state index contributed by atoms with van der Waals surface area (Å²) in [6.07, 6.45) is -0.463. The highest BCUT2D eigenvalue weighted by atomic mass is 35.5. The lowest BCUT2D eigenvalue weighted by atomic mass is 10.2. The van der Waals surface area contributed by atoms with Gasteiger partial charge in [0.1, 0.15) is 11.4 Å². The maximum Gasteiger partial charge on any atom is 0.407 e. The number of carbonyl (C=O) groups is 1. The molecule has 0 aromatic heterocycles. The minimum Gasteiger partial charge on any atom is -0.444 e. The highest BCUT2D eigenvalue weighted by Gasteiger charge is 2.17. The predicted octanol–water partition coefficient (Wildman–Crippen LogP) is 3.48. The first-order chi connectivity index (χ1) is 9.67. The lowest BCUT2D eigenvalue weighted by Crippen LogP contribution is -2.42. The normalized spacial score (nSPS) is 12.9. The van der Waals surface area contributed by atoms with Crippen molar-refractivity contribution >= 4 is 17.7 Å². The van der Waals surface area contributed by atoms with Crippen LogP contribution in [-0.2, 0) is 11.3 Å². The number of benzene rings is 1. The molecule has 0 heterocycles. The van der Waals surface area contributed by atoms with Crippen molar-refractivity contribution < 1.29 is 13.9 Å². The average molecular weight is 317 g/mol. The molecule has 21 heavy (non-hydrogen) atoms. The molecule has 0 fully saturated rings. The van der Waals surface area contributed by atoms with E-state index in [1.54, 1.807) is 32.9 Å². The molecule has 0 aliphatic rings. The van der Waals surface area contributed by atoms with Gasteiger partial charge in [0, 0.05) is 29.7 Å². The summed E-state index contributed by atoms with van der Waals surface area (Å²) in [5, 5.41) is 6.16. The third-order valence-corrected chi connectivity index (χ3v) is 2.78. The molecule has 1 amide bonds. The zero-order valence-electron chi connectivity index (χ0n) is 12.8. The standard InChI is InChI=1S/C15H22ClFN2O2/c1-10(19-14(20)21-15(2,3)4)8-18-9-11-5-6-12(16)7-13(11)17/h5-7,10,18H,8-9H2,1-4H3,(H,19,20). The molecule has 1 aromatic rings. The van der Waals surface area contributed by atoms with Crippen LogP contribution in [0.25, 0.3) is 0 Å². The largest absolute Gasteiger partial charge is 0.444 e. The van der Waals surface area contributed by atoms with Gasteiger partial charge < -0.3 is 15.4 Å². The van der Waals surface area contributed by atoms with E-state index in [1.807, 2.05) is 6.92 Å². The molecule has 0 saturated carbocycles. The molecule has 0 radical (unpaired) electrons. The van der Waals surface area contributed by atoms with E-state index in [-0.39, 0.29) is 11.9 Å². The number of halogens is 2. The van der Waals surface area contributed by atoms with Gasteiger partial charge in [-0.3, -0.25) is 0 Å². The first-order valence-electron chi connectivity index (χ1n) is 6.81. The first kappa shape index (κ1) is 17.7. The summed E-state index contributed by atoms with van der Waals surface area (Å²) in [4.78, 5) is 11.6. The van der Waals surface area contributed by atoms with Gasteiger partial charge in [0.2, 0.25) is 0 Å². The highest BCUT2D eigenvalue weighted by Crippen LogP contribution is 2.14. The van der Waals surface area contributed by atoms with Crippen LogP contribution in [0.5, 0.6) is 0 Å². The van der Waals surface area contributed by atoms with E-state index in [0.717, 1.165) is 0 Å². The summed E-state index contributed by atoms with van der Waals surface area (Å²) in [5.74, 6) is -0.345. The van der Waals surface area contributed by atoms with Gasteiger partial charge in [-0.1, -0.05) is 17.7 Å². The highest BCUT2D eigenvalue weighted by molar-refractivity contribution is 6.30. The molecule has 0 aliphatic heterocycles. The minimum atomic E-state index is -0.524. The van der Waals surface area contributed by atoms with E-state index < -0.39 is 11.7 Å². The van der Waals surface area contributed by atoms with Crippen molar-refractivity contribution in [2.24, 2.45) is 0 Å². The molecule has 118 valence electrons. The molecule has 0 bridgehead atoms. The fourth-order valence-electron chi connectivity index (χ4n) is 1.65. The van der Waals surface area contributed by atoms with Crippen molar-refractivity contribution in [1.82, 2.24) is 10.6 Å². The number of hydrogen-bond donors (Lipinski definition) is 2. The second-order valence-corrected chi connectivity index (χ2v) is 6.35. The SMILES string of the molecule is CC(CNCc1ccc(Cl)cc1F)NC(=O)OC(C)(C)C. The number of nitrogens with one attached hydrogen (secondary N) is 2. The Morgan fingerprint density at radius 1 is 1.43 bits per heavy atom. The van der Waals surface area contributed by atoms with Gasteiger partial charge in [-0.25, -0.2) is 9.18 Å². The molecule has 6 heteroatoms. The Morgan fingerprint density at radius 2 is 2.10 bits per heavy atom. The number of rotatable bonds is 5. The van der Waals surface area contributed by atoms with Crippen molar-refractivity contribution in [2.75, 3.05) is 6.54 Å². The topological polar surface area (TPSA) is 50.4 Å². The second-order valence-electron chi connectivity index (χ2n) is 5.91. The van der Waals surface area contributed by atoms with Crippen LogP contribution in [-0.4, -0.2) is 24.3 Å². The van der Waals surface area contributed by atoms with Crippen LogP contribution in [0.1, 0.15) is 33.3 Å². The maximum atomic E-state index is 13.6. The van der Waals surface area contributed by atoms with Crippen LogP contribution < -0.4 is 10.6 Å². The van der Waals surface area contributed by atoms with Gasteiger partial charge in [-0.2, -0.15) is 0 Å². The van der Waals surface area contributed by atoms with Crippen LogP contribution in [0.4, 0.5) is 9.18 Å². The zero-order chi connectivity index (χ0) is 16.0. The van der Waals surface area contributed by atoms with Gasteiger partial charge in [-0.05, 0) is 39.8 Å². The van der Waals surface area contributed by atoms with Crippen LogP contribution in [0.15, 0.2) is 18.2 Å². The van der Waals surface area contributed by atoms with E-state index in [1.165, 1.54) is 6.07 Å². The molecular weight excluding hydrogens is 295 g/mol. The lowest BCUT2D eigenvalue weighted by Gasteiger charge is -2.22. The summed E-state index contributed by atoms with van der Waals surface area (Å²) >= 11 is 5.69. The Labute approximate surface area is 130 Å². The number of hydrogen-bond acceptors (Lipinski definition) is 3. The van der Waals surface area contributed by atoms with Crippen molar-refractivity contribution in [3.63, 3.8) is 0 Å². The van der Waals surface area contributed by atoms with E-state index in [2.05, 4.69) is 10.6 Å². The Balaban J connectivity index is 2.33. The molecule has 0 spiro atoms. The van der Waals surface area contributed by atoms with E-state index >= 15 is 0 Å². The molecule has 2 N–H and O–H groups in total. The Kier molecular flexibility index (Phi) is 6.42. The Bertz CT molecular complexity index is 489. The predicted molar refractivity (Wildman–Crippen MR) is 81.9 cm³/mol. The third-order valence-electron chi connectivity index (χ3n) is 2.54. The van der Waals surface area contributed by atoms with Crippen LogP contribution in [0.2, 0.25) is 5.02 Å². The molecule has 0 aliphatic carbocycles. The summed E-state index contributed by atoms with van der Waals surface area (Å²) in [5.41, 5.74) is 0.00722. The van der Waals surface area contributed by atoms with Gasteiger partial charge in [0.25, 0.3) is 0 Å². The van der Waals surface area contributed by atoms with Gasteiger partial charge in [0.05, 0.1) is 0 Å². The summed E-state index contributed by atoms with van der Waals surface area (Å²) in [7, 11) is 0. The summed E-state index contributed by atoms with van der Waals surface area (Å²) in [6, 6.07) is 4.43. The first-order valence-corrected chi connectivity index (χ1v) is 7.19. The molecule has 1 unspecified atom stereocenters. The lowest BCUT2D eigenvalue weighted by molar-refractivity contribution is 0.0508. The Hall–Kier alpha value is -1.33. The summed E-state index contributed by atoms with van der Waals surface area (Å²) < 4.78 is 18.7. The molecule has 1 rings (SSSR count). The number of alkyl carbamates (subject to hydrolysis) is 1. The monoisotopic (exact) mass is 316 g/mol. The number of ether oxygens (including phenoxy) is 1. The molecule has 1 atom stereocenters. The number of amides is 1. The van der Waals surface area contributed by atoms with Crippen molar-refractivity contribution in [2.45, 2.75) is 45.9 Å². The fraction of sp³-hybridized carbons (Fsp3) is 0.533. The van der Waals surface area contributed by atoms with Crippen molar-refractivity contribution in [1.29, 1.82) is 0 Å². The molecule has 4 nitrogen and oxygen atoms in total. The number of carbonyl (C=O) groups excluding carboxylic acids is 1. The van der Waals surface area contributed by atoms with Crippen LogP contribution in [0, 0.1) is 5.82 Å². The van der Waals surface area contributed by atoms with Crippen molar-refractivity contribution in [3.05, 3.63) is 34.6 Å². The van der Waals surface area contributed by atoms with E-state index in [4.69, 9.17) is 16.3 Å². The van der Waals surface area contributed by atoms with Gasteiger partial charge in [-0.15, -0.1) is 0 Å². The fourth-order valence-corrected chi connectivity index (χ4v) is 1.81. The zero-order valence-corrected chi connectivity index (χ0v) is 13.6. The van der Waals surface area contributed by atoms with Gasteiger partial charge in [0.15, 0.2) is 0 Å². The molecular formula is C15H22ClFN2O2. The smallest absolute Gasteiger partial charge is 0.407 e. The van der Waals surface area contributed by atoms with Crippen LogP contribution in [0.3, 0.4) is 0 Å². The van der Waals surface area contributed by atoms with Gasteiger partial charge >= 0.3 is 6.09 Å². The Morgan fingerprint density at radius 3 is 2.67 bits per heavy atom. The summed E-state index contributed by atoms with van der Waals surface area (Å²) in [6.45, 7) is 8.12. The average Bonchev–Trinajstić information content (AvgIpc) is 2.29. The molecule has 0 saturated heterocycles. The van der Waals surface area contributed by atoms with E-state index in [0.29, 0.717) is 23.7 Å². The van der Waals surface area contributed by atoms with Crippen molar-refractivity contribution in [3.8, 4) is 0 Å².